The molecule has 0 amide bonds. The molecule has 152 valence electrons. The molecule has 0 aliphatic heterocycles. The Balaban J connectivity index is 2.38. The van der Waals surface area contributed by atoms with Gasteiger partial charge in [-0.2, -0.15) is 5.10 Å². The van der Waals surface area contributed by atoms with Crippen molar-refractivity contribution < 1.29 is 4.74 Å². The predicted molar refractivity (Wildman–Crippen MR) is 108 cm³/mol. The quantitative estimate of drug-likeness (QED) is 0.664. The van der Waals surface area contributed by atoms with Crippen LogP contribution in [-0.2, 0) is 24.9 Å². The third-order valence-corrected chi connectivity index (χ3v) is 4.60. The Bertz CT molecular complexity index is 1100. The van der Waals surface area contributed by atoms with Crippen LogP contribution < -0.4 is 11.2 Å². The SMILES string of the molecule is COCCn1c(-c2cn(C)nc2C(C)C)nc2c1c(=O)[nH]c(=O)n2CC(C)C. The number of hydrogen-bond acceptors (Lipinski definition) is 5. The van der Waals surface area contributed by atoms with Gasteiger partial charge < -0.3 is 9.30 Å². The van der Waals surface area contributed by atoms with E-state index in [0.29, 0.717) is 36.7 Å². The Morgan fingerprint density at radius 2 is 1.89 bits per heavy atom. The molecule has 0 aromatic carbocycles. The van der Waals surface area contributed by atoms with Crippen LogP contribution in [0.1, 0.15) is 39.3 Å². The average Bonchev–Trinajstić information content (AvgIpc) is 3.17. The number of ether oxygens (including phenoxy) is 1. The van der Waals surface area contributed by atoms with E-state index in [0.717, 1.165) is 11.3 Å². The zero-order valence-corrected chi connectivity index (χ0v) is 17.3. The molecule has 9 heteroatoms. The van der Waals surface area contributed by atoms with E-state index >= 15 is 0 Å². The first-order chi connectivity index (χ1) is 13.2. The van der Waals surface area contributed by atoms with Gasteiger partial charge in [-0.1, -0.05) is 27.7 Å². The lowest BCUT2D eigenvalue weighted by atomic mass is 10.1. The van der Waals surface area contributed by atoms with Crippen LogP contribution >= 0.6 is 0 Å². The van der Waals surface area contributed by atoms with E-state index in [1.807, 2.05) is 31.7 Å². The molecule has 3 aromatic rings. The minimum atomic E-state index is -0.440. The largest absolute Gasteiger partial charge is 0.383 e. The second-order valence-electron chi connectivity index (χ2n) is 7.77. The van der Waals surface area contributed by atoms with Gasteiger partial charge in [-0.25, -0.2) is 9.78 Å². The molecule has 0 unspecified atom stereocenters. The Hall–Kier alpha value is -2.68. The van der Waals surface area contributed by atoms with Crippen molar-refractivity contribution in [3.63, 3.8) is 0 Å². The molecule has 0 bridgehead atoms. The predicted octanol–water partition coefficient (Wildman–Crippen LogP) is 1.71. The van der Waals surface area contributed by atoms with E-state index < -0.39 is 11.2 Å². The maximum atomic E-state index is 12.7. The molecular weight excluding hydrogens is 360 g/mol. The topological polar surface area (TPSA) is 99.7 Å². The number of nitrogens with one attached hydrogen (secondary N) is 1. The Morgan fingerprint density at radius 1 is 1.18 bits per heavy atom. The number of aryl methyl sites for hydroxylation is 1. The lowest BCUT2D eigenvalue weighted by Gasteiger charge is -2.10. The molecule has 0 aliphatic carbocycles. The van der Waals surface area contributed by atoms with Gasteiger partial charge in [-0.05, 0) is 11.8 Å². The van der Waals surface area contributed by atoms with Gasteiger partial charge in [0.05, 0.1) is 17.9 Å². The fourth-order valence-corrected chi connectivity index (χ4v) is 3.42. The van der Waals surface area contributed by atoms with Crippen LogP contribution in [0, 0.1) is 5.92 Å². The van der Waals surface area contributed by atoms with Gasteiger partial charge in [0.25, 0.3) is 5.56 Å². The van der Waals surface area contributed by atoms with Gasteiger partial charge in [-0.15, -0.1) is 0 Å². The number of aromatic amines is 1. The van der Waals surface area contributed by atoms with Crippen molar-refractivity contribution in [1.82, 2.24) is 28.9 Å². The fraction of sp³-hybridized carbons (Fsp3) is 0.579. The summed E-state index contributed by atoms with van der Waals surface area (Å²) in [6.07, 6.45) is 1.90. The van der Waals surface area contributed by atoms with Crippen LogP contribution in [-0.4, -0.2) is 42.6 Å². The molecular formula is C19H28N6O3. The summed E-state index contributed by atoms with van der Waals surface area (Å²) >= 11 is 0. The number of aromatic nitrogens is 6. The highest BCUT2D eigenvalue weighted by Crippen LogP contribution is 2.29. The monoisotopic (exact) mass is 388 g/mol. The normalized spacial score (nSPS) is 12.0. The lowest BCUT2D eigenvalue weighted by molar-refractivity contribution is 0.188. The first kappa shape index (κ1) is 20.1. The minimum Gasteiger partial charge on any atom is -0.383 e. The molecule has 0 saturated carbocycles. The van der Waals surface area contributed by atoms with E-state index in [1.165, 1.54) is 0 Å². The number of H-pyrrole nitrogens is 1. The fourth-order valence-electron chi connectivity index (χ4n) is 3.42. The van der Waals surface area contributed by atoms with Crippen LogP contribution in [0.3, 0.4) is 0 Å². The average molecular weight is 388 g/mol. The van der Waals surface area contributed by atoms with Gasteiger partial charge in [0.2, 0.25) is 0 Å². The molecule has 0 atom stereocenters. The highest BCUT2D eigenvalue weighted by atomic mass is 16.5. The summed E-state index contributed by atoms with van der Waals surface area (Å²) in [6, 6.07) is 0. The summed E-state index contributed by atoms with van der Waals surface area (Å²) < 4.78 is 10.4. The first-order valence-corrected chi connectivity index (χ1v) is 9.50. The maximum Gasteiger partial charge on any atom is 0.330 e. The van der Waals surface area contributed by atoms with Crippen molar-refractivity contribution in [1.29, 1.82) is 0 Å². The minimum absolute atomic E-state index is 0.183. The molecule has 0 radical (unpaired) electrons. The number of rotatable bonds is 7. The number of imidazole rings is 1. The van der Waals surface area contributed by atoms with Crippen LogP contribution in [0.4, 0.5) is 0 Å². The molecule has 3 rings (SSSR count). The molecule has 9 nitrogen and oxygen atoms in total. The van der Waals surface area contributed by atoms with Gasteiger partial charge in [0.15, 0.2) is 11.2 Å². The Morgan fingerprint density at radius 3 is 2.50 bits per heavy atom. The number of nitrogens with zero attached hydrogens (tertiary/aromatic N) is 5. The summed E-state index contributed by atoms with van der Waals surface area (Å²) in [4.78, 5) is 32.4. The van der Waals surface area contributed by atoms with Gasteiger partial charge >= 0.3 is 5.69 Å². The molecule has 3 heterocycles. The van der Waals surface area contributed by atoms with Crippen molar-refractivity contribution in [2.45, 2.75) is 46.7 Å². The molecule has 28 heavy (non-hydrogen) atoms. The van der Waals surface area contributed by atoms with Crippen molar-refractivity contribution in [3.05, 3.63) is 32.7 Å². The molecule has 0 fully saturated rings. The lowest BCUT2D eigenvalue weighted by Crippen LogP contribution is -2.32. The Kier molecular flexibility index (Phi) is 5.55. The van der Waals surface area contributed by atoms with Gasteiger partial charge in [-0.3, -0.25) is 19.0 Å². The highest BCUT2D eigenvalue weighted by molar-refractivity contribution is 5.77. The first-order valence-electron chi connectivity index (χ1n) is 9.50. The zero-order valence-electron chi connectivity index (χ0n) is 17.3. The molecule has 0 aliphatic rings. The molecule has 1 N–H and O–H groups in total. The second kappa shape index (κ2) is 7.75. The smallest absolute Gasteiger partial charge is 0.330 e. The summed E-state index contributed by atoms with van der Waals surface area (Å²) in [5.74, 6) is 1.03. The highest BCUT2D eigenvalue weighted by Gasteiger charge is 2.24. The van der Waals surface area contributed by atoms with E-state index in [9.17, 15) is 9.59 Å². The summed E-state index contributed by atoms with van der Waals surface area (Å²) in [7, 11) is 3.47. The van der Waals surface area contributed by atoms with Crippen LogP contribution in [0.15, 0.2) is 15.8 Å². The number of fused-ring (bicyclic) bond motifs is 1. The van der Waals surface area contributed by atoms with Crippen LogP contribution in [0.5, 0.6) is 0 Å². The number of methoxy groups -OCH3 is 1. The summed E-state index contributed by atoms with van der Waals surface area (Å²) in [5, 5.41) is 4.57. The zero-order chi connectivity index (χ0) is 20.6. The van der Waals surface area contributed by atoms with Gasteiger partial charge in [0.1, 0.15) is 5.82 Å². The van der Waals surface area contributed by atoms with Crippen LogP contribution in [0.2, 0.25) is 0 Å². The molecule has 0 spiro atoms. The summed E-state index contributed by atoms with van der Waals surface area (Å²) in [6.45, 7) is 9.49. The van der Waals surface area contributed by atoms with Crippen molar-refractivity contribution in [2.75, 3.05) is 13.7 Å². The Labute approximate surface area is 163 Å². The number of hydrogen-bond donors (Lipinski definition) is 1. The van der Waals surface area contributed by atoms with E-state index in [-0.39, 0.29) is 11.8 Å². The van der Waals surface area contributed by atoms with E-state index in [4.69, 9.17) is 9.72 Å². The van der Waals surface area contributed by atoms with Crippen molar-refractivity contribution in [2.24, 2.45) is 13.0 Å². The summed E-state index contributed by atoms with van der Waals surface area (Å²) in [5.41, 5.74) is 1.64. The van der Waals surface area contributed by atoms with Crippen molar-refractivity contribution >= 4 is 11.2 Å². The van der Waals surface area contributed by atoms with E-state index in [1.54, 1.807) is 16.4 Å². The maximum absolute atomic E-state index is 12.7. The standard InChI is InChI=1S/C19H28N6O3/c1-11(2)9-25-17-15(18(26)21-19(25)27)24(7-8-28-6)16(20-17)13-10-23(5)22-14(13)12(3)4/h10-12H,7-9H2,1-6H3,(H,21,26,27). The van der Waals surface area contributed by atoms with Crippen LogP contribution in [0.25, 0.3) is 22.6 Å². The third-order valence-electron chi connectivity index (χ3n) is 4.60. The molecule has 0 saturated heterocycles. The molecule has 3 aromatic heterocycles. The van der Waals surface area contributed by atoms with Gasteiger partial charge in [0, 0.05) is 33.4 Å². The van der Waals surface area contributed by atoms with Crippen molar-refractivity contribution in [3.8, 4) is 11.4 Å². The third kappa shape index (κ3) is 3.54. The van der Waals surface area contributed by atoms with E-state index in [2.05, 4.69) is 23.9 Å². The second-order valence-corrected chi connectivity index (χ2v) is 7.77.